The van der Waals surface area contributed by atoms with Crippen LogP contribution in [-0.2, 0) is 25.4 Å². The largest absolute Gasteiger partial charge is 0.464 e. The predicted octanol–water partition coefficient (Wildman–Crippen LogP) is 3.51. The summed E-state index contributed by atoms with van der Waals surface area (Å²) < 4.78 is 16.2. The molecule has 35 heavy (non-hydrogen) atoms. The number of nitrogens with one attached hydrogen (secondary N) is 2. The van der Waals surface area contributed by atoms with Crippen LogP contribution in [0.2, 0.25) is 0 Å². The van der Waals surface area contributed by atoms with E-state index in [1.165, 1.54) is 6.07 Å². The summed E-state index contributed by atoms with van der Waals surface area (Å²) in [6, 6.07) is 14.8. The van der Waals surface area contributed by atoms with Crippen LogP contribution in [0.15, 0.2) is 59.4 Å². The molecule has 0 bridgehead atoms. The Hall–Kier alpha value is -3.49. The highest BCUT2D eigenvalue weighted by Gasteiger charge is 2.25. The smallest absolute Gasteiger partial charge is 0.328 e. The van der Waals surface area contributed by atoms with Crippen molar-refractivity contribution in [3.63, 3.8) is 0 Å². The van der Waals surface area contributed by atoms with Gasteiger partial charge in [0.25, 0.3) is 5.91 Å². The number of benzene rings is 2. The van der Waals surface area contributed by atoms with E-state index in [-0.39, 0.29) is 18.6 Å². The maximum absolute atomic E-state index is 13.0. The van der Waals surface area contributed by atoms with Crippen molar-refractivity contribution in [2.45, 2.75) is 45.9 Å². The topological polar surface area (TPSA) is 107 Å². The van der Waals surface area contributed by atoms with Crippen LogP contribution in [0.1, 0.15) is 41.8 Å². The number of pyridine rings is 1. The fourth-order valence-corrected chi connectivity index (χ4v) is 3.74. The Kier molecular flexibility index (Phi) is 9.57. The van der Waals surface area contributed by atoms with Gasteiger partial charge in [0.2, 0.25) is 5.56 Å². The van der Waals surface area contributed by atoms with Crippen LogP contribution in [-0.4, -0.2) is 49.0 Å². The molecule has 2 N–H and O–H groups in total. The summed E-state index contributed by atoms with van der Waals surface area (Å²) in [5, 5.41) is 3.57. The van der Waals surface area contributed by atoms with Gasteiger partial charge in [-0.25, -0.2) is 4.79 Å². The van der Waals surface area contributed by atoms with Gasteiger partial charge in [-0.05, 0) is 30.7 Å². The number of carbonyl (C=O) groups is 2. The molecule has 1 saturated heterocycles. The number of aromatic amines is 1. The Morgan fingerprint density at radius 2 is 1.77 bits per heavy atom. The van der Waals surface area contributed by atoms with Gasteiger partial charge in [0.1, 0.15) is 6.04 Å². The molecule has 1 amide bonds. The van der Waals surface area contributed by atoms with E-state index in [0.717, 1.165) is 10.9 Å². The monoisotopic (exact) mass is 480 g/mol. The number of aryl methyl sites for hydroxylation is 1. The quantitative estimate of drug-likeness (QED) is 0.478. The first kappa shape index (κ1) is 26.1. The maximum atomic E-state index is 13.0. The fourth-order valence-electron chi connectivity index (χ4n) is 3.74. The lowest BCUT2D eigenvalue weighted by atomic mass is 10.0. The highest BCUT2D eigenvalue weighted by atomic mass is 16.7. The Balaban J connectivity index is 0.00000167. The third-order valence-electron chi connectivity index (χ3n) is 5.45. The molecule has 0 spiro atoms. The second-order valence-electron chi connectivity index (χ2n) is 7.93. The van der Waals surface area contributed by atoms with Crippen molar-refractivity contribution in [2.24, 2.45) is 0 Å². The minimum Gasteiger partial charge on any atom is -0.464 e. The Labute approximate surface area is 204 Å². The highest BCUT2D eigenvalue weighted by molar-refractivity contribution is 5.97. The number of fused-ring (bicyclic) bond motifs is 1. The third-order valence-corrected chi connectivity index (χ3v) is 5.45. The van der Waals surface area contributed by atoms with Gasteiger partial charge < -0.3 is 24.5 Å². The highest BCUT2D eigenvalue weighted by Crippen LogP contribution is 2.17. The number of amides is 1. The number of carbonyl (C=O) groups excluding carboxylic acids is 2. The van der Waals surface area contributed by atoms with Gasteiger partial charge in [-0.1, -0.05) is 49.7 Å². The van der Waals surface area contributed by atoms with Gasteiger partial charge in [-0.15, -0.1) is 0 Å². The van der Waals surface area contributed by atoms with E-state index < -0.39 is 24.2 Å². The van der Waals surface area contributed by atoms with Gasteiger partial charge in [0.05, 0.1) is 19.8 Å². The molecular weight excluding hydrogens is 448 g/mol. The van der Waals surface area contributed by atoms with E-state index in [9.17, 15) is 14.4 Å². The number of hydrogen-bond donors (Lipinski definition) is 2. The van der Waals surface area contributed by atoms with E-state index >= 15 is 0 Å². The molecule has 4 rings (SSSR count). The summed E-state index contributed by atoms with van der Waals surface area (Å²) in [6.45, 7) is 7.06. The van der Waals surface area contributed by atoms with Crippen molar-refractivity contribution in [3.8, 4) is 0 Å². The first-order valence-electron chi connectivity index (χ1n) is 11.9. The summed E-state index contributed by atoms with van der Waals surface area (Å²) in [7, 11) is 0. The van der Waals surface area contributed by atoms with Gasteiger partial charge in [0, 0.05) is 35.4 Å². The molecule has 1 aliphatic heterocycles. The molecule has 1 fully saturated rings. The minimum atomic E-state index is -0.977. The molecule has 1 atom stereocenters. The molecule has 8 heteroatoms. The molecule has 0 saturated carbocycles. The van der Waals surface area contributed by atoms with E-state index in [2.05, 4.69) is 10.3 Å². The second kappa shape index (κ2) is 12.8. The molecule has 186 valence electrons. The van der Waals surface area contributed by atoms with Gasteiger partial charge in [-0.2, -0.15) is 0 Å². The predicted molar refractivity (Wildman–Crippen MR) is 133 cm³/mol. The lowest BCUT2D eigenvalue weighted by Crippen LogP contribution is -2.43. The zero-order valence-corrected chi connectivity index (χ0v) is 20.3. The molecular formula is C27H32N2O6. The van der Waals surface area contributed by atoms with Crippen molar-refractivity contribution in [1.82, 2.24) is 10.3 Å². The Morgan fingerprint density at radius 1 is 1.09 bits per heavy atom. The molecule has 0 radical (unpaired) electrons. The number of ether oxygens (including phenoxy) is 3. The van der Waals surface area contributed by atoms with Crippen molar-refractivity contribution in [2.75, 3.05) is 19.8 Å². The van der Waals surface area contributed by atoms with Crippen LogP contribution < -0.4 is 10.9 Å². The lowest BCUT2D eigenvalue weighted by molar-refractivity contribution is -0.148. The molecule has 1 aromatic heterocycles. The molecule has 0 aliphatic carbocycles. The van der Waals surface area contributed by atoms with Crippen molar-refractivity contribution in [3.05, 3.63) is 81.6 Å². The van der Waals surface area contributed by atoms with Crippen LogP contribution >= 0.6 is 0 Å². The van der Waals surface area contributed by atoms with Crippen molar-refractivity contribution in [1.29, 1.82) is 0 Å². The summed E-state index contributed by atoms with van der Waals surface area (Å²) in [6.07, 6.45) is 0.116. The molecule has 1 unspecified atom stereocenters. The maximum Gasteiger partial charge on any atom is 0.328 e. The first-order chi connectivity index (χ1) is 17.0. The van der Waals surface area contributed by atoms with Crippen LogP contribution in [0.4, 0.5) is 0 Å². The number of aromatic nitrogens is 1. The van der Waals surface area contributed by atoms with Crippen molar-refractivity contribution >= 4 is 22.8 Å². The number of esters is 1. The summed E-state index contributed by atoms with van der Waals surface area (Å²) >= 11 is 0. The SMILES string of the molecule is CC.Cc1ccc(C(=O)NC(Cc2cc(=O)[nH]c3ccccc23)C(=O)OCCC2OCCO2)cc1. The molecule has 2 heterocycles. The van der Waals surface area contributed by atoms with Crippen LogP contribution in [0, 0.1) is 6.92 Å². The van der Waals surface area contributed by atoms with Crippen LogP contribution in [0.25, 0.3) is 10.9 Å². The van der Waals surface area contributed by atoms with Crippen LogP contribution in [0.3, 0.4) is 0 Å². The summed E-state index contributed by atoms with van der Waals surface area (Å²) in [4.78, 5) is 40.8. The molecule has 8 nitrogen and oxygen atoms in total. The van der Waals surface area contributed by atoms with Gasteiger partial charge in [-0.3, -0.25) is 9.59 Å². The fraction of sp³-hybridized carbons (Fsp3) is 0.370. The van der Waals surface area contributed by atoms with E-state index in [4.69, 9.17) is 14.2 Å². The number of rotatable bonds is 8. The number of hydrogen-bond acceptors (Lipinski definition) is 6. The summed E-state index contributed by atoms with van der Waals surface area (Å²) in [5.74, 6) is -0.980. The Bertz CT molecular complexity index is 1180. The minimum absolute atomic E-state index is 0.0938. The molecule has 2 aromatic carbocycles. The van der Waals surface area contributed by atoms with E-state index in [1.807, 2.05) is 51.1 Å². The van der Waals surface area contributed by atoms with Gasteiger partial charge >= 0.3 is 5.97 Å². The summed E-state index contributed by atoms with van der Waals surface area (Å²) in [5.41, 5.74) is 2.47. The normalized spacial score (nSPS) is 14.1. The molecule has 3 aromatic rings. The van der Waals surface area contributed by atoms with Gasteiger partial charge in [0.15, 0.2) is 6.29 Å². The lowest BCUT2D eigenvalue weighted by Gasteiger charge is -2.19. The van der Waals surface area contributed by atoms with E-state index in [1.54, 1.807) is 18.2 Å². The van der Waals surface area contributed by atoms with Crippen LogP contribution in [0.5, 0.6) is 0 Å². The number of para-hydroxylation sites is 1. The van der Waals surface area contributed by atoms with E-state index in [0.29, 0.717) is 36.3 Å². The zero-order valence-electron chi connectivity index (χ0n) is 20.3. The number of H-pyrrole nitrogens is 1. The first-order valence-corrected chi connectivity index (χ1v) is 11.9. The zero-order chi connectivity index (χ0) is 25.2. The third kappa shape index (κ3) is 7.24. The average molecular weight is 481 g/mol. The molecule has 1 aliphatic rings. The Morgan fingerprint density at radius 3 is 2.49 bits per heavy atom. The van der Waals surface area contributed by atoms with Crippen molar-refractivity contribution < 1.29 is 23.8 Å². The standard InChI is InChI=1S/C25H26N2O6.C2H6/c1-16-6-8-17(9-7-16)24(29)27-21(25(30)33-11-10-23-31-12-13-32-23)14-18-15-22(28)26-20-5-3-2-4-19(18)20;1-2/h2-9,15,21,23H,10-14H2,1H3,(H,26,28)(H,27,29);1-2H3. The average Bonchev–Trinajstić information content (AvgIpc) is 3.38. The second-order valence-corrected chi connectivity index (χ2v) is 7.93.